The van der Waals surface area contributed by atoms with Crippen LogP contribution in [-0.2, 0) is 6.42 Å². The van der Waals surface area contributed by atoms with E-state index in [4.69, 9.17) is 0 Å². The maximum Gasteiger partial charge on any atom is 0.0960 e. The van der Waals surface area contributed by atoms with Gasteiger partial charge in [0.05, 0.1) is 16.3 Å². The number of aliphatic hydroxyl groups is 1. The van der Waals surface area contributed by atoms with Gasteiger partial charge in [-0.25, -0.2) is 4.98 Å². The third kappa shape index (κ3) is 2.54. The first-order valence-corrected chi connectivity index (χ1v) is 8.04. The molecule has 0 saturated carbocycles. The zero-order chi connectivity index (χ0) is 12.7. The summed E-state index contributed by atoms with van der Waals surface area (Å²) in [4.78, 5) is 5.83. The fourth-order valence-corrected chi connectivity index (χ4v) is 4.82. The van der Waals surface area contributed by atoms with Crippen LogP contribution in [0.25, 0.3) is 0 Å². The van der Waals surface area contributed by atoms with Crippen molar-refractivity contribution in [1.82, 2.24) is 4.98 Å². The molecule has 1 aromatic rings. The molecule has 1 aliphatic rings. The molecule has 0 aromatic carbocycles. The summed E-state index contributed by atoms with van der Waals surface area (Å²) in [7, 11) is 0. The molecule has 0 spiro atoms. The summed E-state index contributed by atoms with van der Waals surface area (Å²) in [5, 5.41) is 12.0. The molecule has 0 bridgehead atoms. The van der Waals surface area contributed by atoms with Gasteiger partial charge in [-0.15, -0.1) is 11.3 Å². The van der Waals surface area contributed by atoms with Crippen molar-refractivity contribution in [1.29, 1.82) is 0 Å². The molecule has 17 heavy (non-hydrogen) atoms. The smallest absolute Gasteiger partial charge is 0.0960 e. The van der Waals surface area contributed by atoms with Crippen LogP contribution in [0.5, 0.6) is 0 Å². The Hall–Kier alpha value is -0.0600. The lowest BCUT2D eigenvalue weighted by Gasteiger charge is -2.45. The second-order valence-electron chi connectivity index (χ2n) is 5.64. The molecule has 2 rings (SSSR count). The van der Waals surface area contributed by atoms with Crippen molar-refractivity contribution in [2.45, 2.75) is 46.1 Å². The standard InChI is InChI=1S/C13H21NOS2/c1-9-10(2)17-11(14-9)7-13(15)8-16-6-5-12(13,3)4/h15H,5-8H2,1-4H3. The molecule has 1 aliphatic heterocycles. The second kappa shape index (κ2) is 4.56. The van der Waals surface area contributed by atoms with Gasteiger partial charge in [0.15, 0.2) is 0 Å². The SMILES string of the molecule is Cc1nc(CC2(O)CSCCC2(C)C)sc1C. The normalized spacial score (nSPS) is 28.3. The zero-order valence-electron chi connectivity index (χ0n) is 11.0. The Bertz CT molecular complexity index is 394. The average molecular weight is 271 g/mol. The number of rotatable bonds is 2. The van der Waals surface area contributed by atoms with Crippen LogP contribution in [0, 0.1) is 19.3 Å². The number of hydrogen-bond donors (Lipinski definition) is 1. The Morgan fingerprint density at radius 1 is 1.35 bits per heavy atom. The van der Waals surface area contributed by atoms with Crippen LogP contribution in [0.4, 0.5) is 0 Å². The first-order valence-electron chi connectivity index (χ1n) is 6.07. The zero-order valence-corrected chi connectivity index (χ0v) is 12.7. The fourth-order valence-electron chi connectivity index (χ4n) is 2.15. The summed E-state index contributed by atoms with van der Waals surface area (Å²) in [6.07, 6.45) is 1.78. The number of thiazole rings is 1. The van der Waals surface area contributed by atoms with Crippen molar-refractivity contribution in [3.8, 4) is 0 Å². The summed E-state index contributed by atoms with van der Waals surface area (Å²) in [5.41, 5.74) is 0.494. The molecule has 0 radical (unpaired) electrons. The highest BCUT2D eigenvalue weighted by Crippen LogP contribution is 2.44. The van der Waals surface area contributed by atoms with Crippen LogP contribution in [0.1, 0.15) is 35.8 Å². The molecular formula is C13H21NOS2. The number of hydrogen-bond acceptors (Lipinski definition) is 4. The van der Waals surface area contributed by atoms with Crippen LogP contribution >= 0.6 is 23.1 Å². The van der Waals surface area contributed by atoms with Crippen LogP contribution in [0.3, 0.4) is 0 Å². The summed E-state index contributed by atoms with van der Waals surface area (Å²) < 4.78 is 0. The lowest BCUT2D eigenvalue weighted by atomic mass is 9.72. The van der Waals surface area contributed by atoms with Crippen molar-refractivity contribution < 1.29 is 5.11 Å². The van der Waals surface area contributed by atoms with Crippen LogP contribution in [0.2, 0.25) is 0 Å². The molecule has 1 saturated heterocycles. The van der Waals surface area contributed by atoms with E-state index in [1.807, 2.05) is 18.7 Å². The minimum absolute atomic E-state index is 0.00820. The highest BCUT2D eigenvalue weighted by atomic mass is 32.2. The number of nitrogens with zero attached hydrogens (tertiary/aromatic N) is 1. The molecule has 1 aromatic heterocycles. The molecule has 1 N–H and O–H groups in total. The number of aryl methyl sites for hydroxylation is 2. The molecular weight excluding hydrogens is 250 g/mol. The quantitative estimate of drug-likeness (QED) is 0.896. The van der Waals surface area contributed by atoms with Crippen molar-refractivity contribution in [3.05, 3.63) is 15.6 Å². The van der Waals surface area contributed by atoms with Gasteiger partial charge >= 0.3 is 0 Å². The van der Waals surface area contributed by atoms with Crippen molar-refractivity contribution >= 4 is 23.1 Å². The van der Waals surface area contributed by atoms with E-state index in [-0.39, 0.29) is 5.41 Å². The van der Waals surface area contributed by atoms with Gasteiger partial charge in [-0.2, -0.15) is 11.8 Å². The van der Waals surface area contributed by atoms with E-state index < -0.39 is 5.60 Å². The number of thioether (sulfide) groups is 1. The van der Waals surface area contributed by atoms with E-state index in [1.54, 1.807) is 11.3 Å². The van der Waals surface area contributed by atoms with Gasteiger partial charge in [0.2, 0.25) is 0 Å². The van der Waals surface area contributed by atoms with Gasteiger partial charge in [-0.05, 0) is 31.4 Å². The topological polar surface area (TPSA) is 33.1 Å². The van der Waals surface area contributed by atoms with Crippen LogP contribution in [-0.4, -0.2) is 27.2 Å². The number of aromatic nitrogens is 1. The summed E-state index contributed by atoms with van der Waals surface area (Å²) in [6, 6.07) is 0. The van der Waals surface area contributed by atoms with E-state index in [2.05, 4.69) is 25.8 Å². The third-order valence-electron chi connectivity index (χ3n) is 3.99. The first kappa shape index (κ1) is 13.4. The average Bonchev–Trinajstić information content (AvgIpc) is 2.51. The monoisotopic (exact) mass is 271 g/mol. The maximum atomic E-state index is 10.9. The van der Waals surface area contributed by atoms with Gasteiger partial charge in [0.1, 0.15) is 0 Å². The third-order valence-corrected chi connectivity index (χ3v) is 6.24. The van der Waals surface area contributed by atoms with Gasteiger partial charge < -0.3 is 5.11 Å². The Morgan fingerprint density at radius 2 is 2.06 bits per heavy atom. The molecule has 2 heterocycles. The van der Waals surface area contributed by atoms with Gasteiger partial charge in [0, 0.05) is 17.1 Å². The lowest BCUT2D eigenvalue weighted by Crippen LogP contribution is -2.51. The molecule has 1 unspecified atom stereocenters. The highest BCUT2D eigenvalue weighted by Gasteiger charge is 2.46. The Kier molecular flexibility index (Phi) is 3.59. The molecule has 96 valence electrons. The first-order chi connectivity index (χ1) is 7.84. The molecule has 0 aliphatic carbocycles. The van der Waals surface area contributed by atoms with E-state index in [9.17, 15) is 5.11 Å². The van der Waals surface area contributed by atoms with Crippen LogP contribution < -0.4 is 0 Å². The van der Waals surface area contributed by atoms with E-state index >= 15 is 0 Å². The summed E-state index contributed by atoms with van der Waals surface area (Å²) in [5.74, 6) is 1.99. The summed E-state index contributed by atoms with van der Waals surface area (Å²) in [6.45, 7) is 8.50. The summed E-state index contributed by atoms with van der Waals surface area (Å²) >= 11 is 3.59. The predicted molar refractivity (Wildman–Crippen MR) is 76.0 cm³/mol. The largest absolute Gasteiger partial charge is 0.388 e. The van der Waals surface area contributed by atoms with Crippen molar-refractivity contribution in [3.63, 3.8) is 0 Å². The minimum atomic E-state index is -0.605. The van der Waals surface area contributed by atoms with Crippen molar-refractivity contribution in [2.24, 2.45) is 5.41 Å². The lowest BCUT2D eigenvalue weighted by molar-refractivity contribution is -0.0513. The maximum absolute atomic E-state index is 10.9. The van der Waals surface area contributed by atoms with Gasteiger partial charge in [-0.3, -0.25) is 0 Å². The molecule has 4 heteroatoms. The van der Waals surface area contributed by atoms with Gasteiger partial charge in [-0.1, -0.05) is 13.8 Å². The minimum Gasteiger partial charge on any atom is -0.388 e. The Morgan fingerprint density at radius 3 is 2.59 bits per heavy atom. The van der Waals surface area contributed by atoms with Crippen molar-refractivity contribution in [2.75, 3.05) is 11.5 Å². The fraction of sp³-hybridized carbons (Fsp3) is 0.769. The molecule has 1 atom stereocenters. The Balaban J connectivity index is 2.21. The Labute approximate surface area is 112 Å². The van der Waals surface area contributed by atoms with E-state index in [0.717, 1.165) is 28.6 Å². The second-order valence-corrected chi connectivity index (χ2v) is 8.04. The van der Waals surface area contributed by atoms with E-state index in [0.29, 0.717) is 6.42 Å². The highest BCUT2D eigenvalue weighted by molar-refractivity contribution is 7.99. The molecule has 0 amide bonds. The van der Waals surface area contributed by atoms with Crippen LogP contribution in [0.15, 0.2) is 0 Å². The van der Waals surface area contributed by atoms with Gasteiger partial charge in [0.25, 0.3) is 0 Å². The predicted octanol–water partition coefficient (Wildman–Crippen LogP) is 3.20. The van der Waals surface area contributed by atoms with E-state index in [1.165, 1.54) is 4.88 Å². The molecule has 1 fully saturated rings. The molecule has 2 nitrogen and oxygen atoms in total.